The number of carbonyl (C=O) groups is 2. The Kier molecular flexibility index (Phi) is 4.12. The number of hydrogen-bond donors (Lipinski definition) is 1. The van der Waals surface area contributed by atoms with Crippen molar-refractivity contribution in [2.45, 2.75) is 26.7 Å². The lowest BCUT2D eigenvalue weighted by atomic mass is 10.2. The van der Waals surface area contributed by atoms with E-state index in [-0.39, 0.29) is 24.3 Å². The second kappa shape index (κ2) is 5.14. The number of nitrogens with one attached hydrogen (secondary N) is 1. The molecule has 86 valence electrons. The molecule has 1 saturated carbocycles. The van der Waals surface area contributed by atoms with Crippen molar-refractivity contribution in [3.8, 4) is 0 Å². The zero-order valence-electron chi connectivity index (χ0n) is 9.75. The summed E-state index contributed by atoms with van der Waals surface area (Å²) in [4.78, 5) is 24.5. The predicted molar refractivity (Wildman–Crippen MR) is 58.2 cm³/mol. The van der Waals surface area contributed by atoms with Crippen LogP contribution in [0.2, 0.25) is 0 Å². The van der Waals surface area contributed by atoms with Crippen LogP contribution in [0.4, 0.5) is 0 Å². The Labute approximate surface area is 91.0 Å². The number of amides is 2. The van der Waals surface area contributed by atoms with Crippen molar-refractivity contribution in [2.24, 2.45) is 11.8 Å². The lowest BCUT2D eigenvalue weighted by Crippen LogP contribution is -2.40. The fourth-order valence-corrected chi connectivity index (χ4v) is 1.29. The van der Waals surface area contributed by atoms with E-state index in [9.17, 15) is 9.59 Å². The van der Waals surface area contributed by atoms with E-state index < -0.39 is 0 Å². The average molecular weight is 212 g/mol. The summed E-state index contributed by atoms with van der Waals surface area (Å²) < 4.78 is 0. The van der Waals surface area contributed by atoms with Crippen LogP contribution in [0.1, 0.15) is 26.7 Å². The molecule has 0 bridgehead atoms. The lowest BCUT2D eigenvalue weighted by molar-refractivity contribution is -0.132. The Morgan fingerprint density at radius 2 is 2.00 bits per heavy atom. The van der Waals surface area contributed by atoms with Gasteiger partial charge >= 0.3 is 0 Å². The van der Waals surface area contributed by atoms with Crippen LogP contribution in [-0.2, 0) is 9.59 Å². The first kappa shape index (κ1) is 12.0. The van der Waals surface area contributed by atoms with Gasteiger partial charge in [-0.1, -0.05) is 13.8 Å². The van der Waals surface area contributed by atoms with Gasteiger partial charge in [-0.15, -0.1) is 0 Å². The first-order chi connectivity index (χ1) is 7.00. The van der Waals surface area contributed by atoms with Crippen molar-refractivity contribution in [3.05, 3.63) is 0 Å². The maximum absolute atomic E-state index is 11.5. The van der Waals surface area contributed by atoms with Crippen LogP contribution in [0.25, 0.3) is 0 Å². The van der Waals surface area contributed by atoms with E-state index >= 15 is 0 Å². The van der Waals surface area contributed by atoms with Crippen molar-refractivity contribution in [1.82, 2.24) is 10.2 Å². The third-order valence-corrected chi connectivity index (χ3v) is 2.59. The van der Waals surface area contributed by atoms with Gasteiger partial charge < -0.3 is 10.2 Å². The monoisotopic (exact) mass is 212 g/mol. The molecule has 0 aliphatic heterocycles. The molecule has 1 rings (SSSR count). The summed E-state index contributed by atoms with van der Waals surface area (Å²) in [5, 5.41) is 2.63. The smallest absolute Gasteiger partial charge is 0.241 e. The van der Waals surface area contributed by atoms with Gasteiger partial charge in [0.25, 0.3) is 0 Å². The second-order valence-corrected chi connectivity index (χ2v) is 4.59. The van der Waals surface area contributed by atoms with Gasteiger partial charge in [-0.05, 0) is 18.8 Å². The zero-order valence-corrected chi connectivity index (χ0v) is 9.75. The summed E-state index contributed by atoms with van der Waals surface area (Å²) >= 11 is 0. The topological polar surface area (TPSA) is 49.4 Å². The van der Waals surface area contributed by atoms with Crippen LogP contribution in [-0.4, -0.2) is 36.9 Å². The fourth-order valence-electron chi connectivity index (χ4n) is 1.29. The van der Waals surface area contributed by atoms with Gasteiger partial charge in [-0.3, -0.25) is 9.59 Å². The standard InChI is InChI=1S/C11H20N2O2/c1-8(2)11(15)12-6-10(14)13(3)7-9-4-5-9/h8-9H,4-7H2,1-3H3,(H,12,15). The molecular formula is C11H20N2O2. The minimum atomic E-state index is -0.0665. The zero-order chi connectivity index (χ0) is 11.4. The van der Waals surface area contributed by atoms with Crippen molar-refractivity contribution in [1.29, 1.82) is 0 Å². The van der Waals surface area contributed by atoms with Gasteiger partial charge in [0.15, 0.2) is 0 Å². The molecule has 4 heteroatoms. The molecular weight excluding hydrogens is 192 g/mol. The van der Waals surface area contributed by atoms with E-state index in [2.05, 4.69) is 5.32 Å². The van der Waals surface area contributed by atoms with E-state index in [4.69, 9.17) is 0 Å². The normalized spacial score (nSPS) is 15.2. The molecule has 0 radical (unpaired) electrons. The Bertz CT molecular complexity index is 247. The second-order valence-electron chi connectivity index (χ2n) is 4.59. The van der Waals surface area contributed by atoms with Crippen LogP contribution in [0, 0.1) is 11.8 Å². The average Bonchev–Trinajstić information content (AvgIpc) is 2.96. The van der Waals surface area contributed by atoms with E-state index in [1.807, 2.05) is 13.8 Å². The Morgan fingerprint density at radius 3 is 2.47 bits per heavy atom. The summed E-state index contributed by atoms with van der Waals surface area (Å²) in [6.45, 7) is 4.58. The molecule has 1 aliphatic carbocycles. The van der Waals surface area contributed by atoms with Gasteiger partial charge in [0, 0.05) is 19.5 Å². The van der Waals surface area contributed by atoms with Gasteiger partial charge in [0.1, 0.15) is 0 Å². The third kappa shape index (κ3) is 4.32. The molecule has 0 unspecified atom stereocenters. The molecule has 4 nitrogen and oxygen atoms in total. The van der Waals surface area contributed by atoms with Crippen LogP contribution in [0.5, 0.6) is 0 Å². The van der Waals surface area contributed by atoms with Crippen LogP contribution in [0.15, 0.2) is 0 Å². The molecule has 1 aliphatic rings. The number of nitrogens with zero attached hydrogens (tertiary/aromatic N) is 1. The molecule has 1 fully saturated rings. The SMILES string of the molecule is CC(C)C(=O)NCC(=O)N(C)CC1CC1. The van der Waals surface area contributed by atoms with Gasteiger partial charge in [0.2, 0.25) is 11.8 Å². The molecule has 0 atom stereocenters. The van der Waals surface area contributed by atoms with Gasteiger partial charge in [0.05, 0.1) is 6.54 Å². The number of hydrogen-bond acceptors (Lipinski definition) is 2. The summed E-state index contributed by atoms with van der Waals surface area (Å²) in [6, 6.07) is 0. The molecule has 2 amide bonds. The molecule has 0 aromatic rings. The maximum Gasteiger partial charge on any atom is 0.241 e. The molecule has 0 spiro atoms. The van der Waals surface area contributed by atoms with Gasteiger partial charge in [-0.25, -0.2) is 0 Å². The highest BCUT2D eigenvalue weighted by atomic mass is 16.2. The minimum Gasteiger partial charge on any atom is -0.347 e. The molecule has 0 aromatic carbocycles. The quantitative estimate of drug-likeness (QED) is 0.726. The first-order valence-electron chi connectivity index (χ1n) is 5.52. The van der Waals surface area contributed by atoms with Crippen molar-refractivity contribution in [3.63, 3.8) is 0 Å². The van der Waals surface area contributed by atoms with Crippen LogP contribution < -0.4 is 5.32 Å². The number of carbonyl (C=O) groups excluding carboxylic acids is 2. The maximum atomic E-state index is 11.5. The Hall–Kier alpha value is -1.06. The summed E-state index contributed by atoms with van der Waals surface area (Å²) in [6.07, 6.45) is 2.46. The molecule has 0 saturated heterocycles. The summed E-state index contributed by atoms with van der Waals surface area (Å²) in [5.41, 5.74) is 0. The molecule has 1 N–H and O–H groups in total. The summed E-state index contributed by atoms with van der Waals surface area (Å²) in [5.74, 6) is 0.561. The fraction of sp³-hybridized carbons (Fsp3) is 0.818. The molecule has 0 aromatic heterocycles. The van der Waals surface area contributed by atoms with Gasteiger partial charge in [-0.2, -0.15) is 0 Å². The van der Waals surface area contributed by atoms with E-state index in [1.165, 1.54) is 12.8 Å². The highest BCUT2D eigenvalue weighted by Crippen LogP contribution is 2.29. The number of likely N-dealkylation sites (N-methyl/N-ethyl adjacent to an activating group) is 1. The highest BCUT2D eigenvalue weighted by Gasteiger charge is 2.24. The van der Waals surface area contributed by atoms with Crippen LogP contribution in [0.3, 0.4) is 0 Å². The van der Waals surface area contributed by atoms with E-state index in [1.54, 1.807) is 11.9 Å². The number of rotatable bonds is 5. The minimum absolute atomic E-state index is 0.00380. The molecule has 15 heavy (non-hydrogen) atoms. The van der Waals surface area contributed by atoms with E-state index in [0.29, 0.717) is 5.92 Å². The predicted octanol–water partition coefficient (Wildman–Crippen LogP) is 0.627. The summed E-state index contributed by atoms with van der Waals surface area (Å²) in [7, 11) is 1.79. The third-order valence-electron chi connectivity index (χ3n) is 2.59. The first-order valence-corrected chi connectivity index (χ1v) is 5.52. The Balaban J connectivity index is 2.19. The van der Waals surface area contributed by atoms with Crippen LogP contribution >= 0.6 is 0 Å². The lowest BCUT2D eigenvalue weighted by Gasteiger charge is -2.17. The Morgan fingerprint density at radius 1 is 1.40 bits per heavy atom. The largest absolute Gasteiger partial charge is 0.347 e. The van der Waals surface area contributed by atoms with Crippen molar-refractivity contribution >= 4 is 11.8 Å². The van der Waals surface area contributed by atoms with E-state index in [0.717, 1.165) is 6.54 Å². The highest BCUT2D eigenvalue weighted by molar-refractivity contribution is 5.85. The van der Waals surface area contributed by atoms with Crippen molar-refractivity contribution < 1.29 is 9.59 Å². The van der Waals surface area contributed by atoms with Crippen molar-refractivity contribution in [2.75, 3.05) is 20.1 Å². The molecule has 0 heterocycles.